The molecule has 33 heavy (non-hydrogen) atoms. The van der Waals surface area contributed by atoms with Gasteiger partial charge in [0.2, 0.25) is 5.91 Å². The van der Waals surface area contributed by atoms with Crippen LogP contribution >= 0.6 is 11.3 Å². The number of benzene rings is 2. The number of nitrogens with one attached hydrogen (secondary N) is 1. The molecule has 1 heterocycles. The Balaban J connectivity index is 1.77. The van der Waals surface area contributed by atoms with Crippen molar-refractivity contribution in [1.82, 2.24) is 5.32 Å². The first-order valence-electron chi connectivity index (χ1n) is 11.9. The lowest BCUT2D eigenvalue weighted by Gasteiger charge is -2.32. The Morgan fingerprint density at radius 3 is 2.27 bits per heavy atom. The number of carbonyl (C=O) groups excluding carboxylic acids is 2. The van der Waals surface area contributed by atoms with Crippen LogP contribution in [0.15, 0.2) is 72.1 Å². The molecule has 1 N–H and O–H groups in total. The number of thiophene rings is 1. The molecule has 1 fully saturated rings. The second-order valence-corrected chi connectivity index (χ2v) is 9.80. The number of hydrogen-bond acceptors (Lipinski definition) is 3. The predicted octanol–water partition coefficient (Wildman–Crippen LogP) is 6.71. The zero-order chi connectivity index (χ0) is 23.2. The summed E-state index contributed by atoms with van der Waals surface area (Å²) in [4.78, 5) is 29.8. The molecule has 0 saturated heterocycles. The van der Waals surface area contributed by atoms with E-state index >= 15 is 0 Å². The smallest absolute Gasteiger partial charge is 0.269 e. The number of hydrogen-bond donors (Lipinski definition) is 1. The average molecular weight is 461 g/mol. The van der Waals surface area contributed by atoms with E-state index in [0.29, 0.717) is 10.8 Å². The van der Waals surface area contributed by atoms with Crippen molar-refractivity contribution in [2.24, 2.45) is 0 Å². The van der Waals surface area contributed by atoms with Gasteiger partial charge in [-0.15, -0.1) is 11.3 Å². The highest BCUT2D eigenvalue weighted by Crippen LogP contribution is 2.33. The molecule has 4 rings (SSSR count). The minimum absolute atomic E-state index is 0.121. The highest BCUT2D eigenvalue weighted by atomic mass is 32.1. The van der Waals surface area contributed by atoms with Crippen molar-refractivity contribution >= 4 is 28.8 Å². The van der Waals surface area contributed by atoms with Gasteiger partial charge in [-0.05, 0) is 59.9 Å². The maximum Gasteiger partial charge on any atom is 0.269 e. The number of nitrogens with zero attached hydrogens (tertiary/aromatic N) is 1. The third kappa shape index (κ3) is 5.36. The SMILES string of the molecule is CCC(C)c1ccc(N(C(=O)c2cccs2)C(C(=O)NC2CCCC2)c2ccccc2)cc1. The molecule has 0 aliphatic heterocycles. The summed E-state index contributed by atoms with van der Waals surface area (Å²) >= 11 is 1.40. The lowest BCUT2D eigenvalue weighted by Crippen LogP contribution is -2.46. The second kappa shape index (κ2) is 10.8. The molecule has 0 spiro atoms. The van der Waals surface area contributed by atoms with Crippen LogP contribution in [0.5, 0.6) is 0 Å². The van der Waals surface area contributed by atoms with Crippen LogP contribution in [0.25, 0.3) is 0 Å². The van der Waals surface area contributed by atoms with Crippen molar-refractivity contribution in [1.29, 1.82) is 0 Å². The van der Waals surface area contributed by atoms with E-state index in [1.807, 2.05) is 60.0 Å². The molecule has 2 amide bonds. The molecule has 1 aromatic heterocycles. The van der Waals surface area contributed by atoms with Gasteiger partial charge in [0, 0.05) is 11.7 Å². The molecule has 4 nitrogen and oxygen atoms in total. The molecule has 1 aliphatic rings. The van der Waals surface area contributed by atoms with Crippen molar-refractivity contribution in [3.05, 3.63) is 88.1 Å². The predicted molar refractivity (Wildman–Crippen MR) is 136 cm³/mol. The quantitative estimate of drug-likeness (QED) is 0.406. The van der Waals surface area contributed by atoms with Crippen LogP contribution in [0.1, 0.15) is 78.7 Å². The largest absolute Gasteiger partial charge is 0.351 e. The van der Waals surface area contributed by atoms with Gasteiger partial charge in [-0.25, -0.2) is 0 Å². The molecule has 0 radical (unpaired) electrons. The fourth-order valence-corrected chi connectivity index (χ4v) is 5.17. The van der Waals surface area contributed by atoms with Crippen molar-refractivity contribution in [2.75, 3.05) is 4.90 Å². The molecule has 5 heteroatoms. The molecule has 0 bridgehead atoms. The van der Waals surface area contributed by atoms with Crippen LogP contribution in [0.4, 0.5) is 5.69 Å². The van der Waals surface area contributed by atoms with Crippen molar-refractivity contribution in [3.8, 4) is 0 Å². The molecule has 2 unspecified atom stereocenters. The average Bonchev–Trinajstić information content (AvgIpc) is 3.57. The van der Waals surface area contributed by atoms with E-state index in [-0.39, 0.29) is 17.9 Å². The summed E-state index contributed by atoms with van der Waals surface area (Å²) in [7, 11) is 0. The Kier molecular flexibility index (Phi) is 7.61. The minimum atomic E-state index is -0.740. The van der Waals surface area contributed by atoms with Gasteiger partial charge in [-0.3, -0.25) is 14.5 Å². The van der Waals surface area contributed by atoms with E-state index in [2.05, 4.69) is 31.3 Å². The zero-order valence-corrected chi connectivity index (χ0v) is 20.2. The molecule has 2 aromatic carbocycles. The van der Waals surface area contributed by atoms with Crippen LogP contribution < -0.4 is 10.2 Å². The zero-order valence-electron chi connectivity index (χ0n) is 19.4. The highest BCUT2D eigenvalue weighted by Gasteiger charge is 2.35. The van der Waals surface area contributed by atoms with Crippen LogP contribution in [-0.2, 0) is 4.79 Å². The first-order chi connectivity index (χ1) is 16.1. The van der Waals surface area contributed by atoms with Crippen LogP contribution in [-0.4, -0.2) is 17.9 Å². The van der Waals surface area contributed by atoms with Gasteiger partial charge in [0.15, 0.2) is 0 Å². The van der Waals surface area contributed by atoms with Crippen LogP contribution in [0, 0.1) is 0 Å². The van der Waals surface area contributed by atoms with Gasteiger partial charge in [0.05, 0.1) is 4.88 Å². The van der Waals surface area contributed by atoms with E-state index < -0.39 is 6.04 Å². The Morgan fingerprint density at radius 2 is 1.67 bits per heavy atom. The summed E-state index contributed by atoms with van der Waals surface area (Å²) in [5.74, 6) is 0.164. The number of amides is 2. The minimum Gasteiger partial charge on any atom is -0.351 e. The van der Waals surface area contributed by atoms with Crippen molar-refractivity contribution in [2.45, 2.75) is 64.0 Å². The molecule has 2 atom stereocenters. The third-order valence-corrected chi connectivity index (χ3v) is 7.48. The summed E-state index contributed by atoms with van der Waals surface area (Å²) in [5, 5.41) is 5.13. The molecule has 172 valence electrons. The van der Waals surface area contributed by atoms with Gasteiger partial charge >= 0.3 is 0 Å². The summed E-state index contributed by atoms with van der Waals surface area (Å²) in [6.07, 6.45) is 5.31. The topological polar surface area (TPSA) is 49.4 Å². The standard InChI is InChI=1S/C28H32N2O2S/c1-3-20(2)21-15-17-24(18-16-21)30(28(32)25-14-9-19-33-25)26(22-10-5-4-6-11-22)27(31)29-23-12-7-8-13-23/h4-6,9-11,14-20,23,26H,3,7-8,12-13H2,1-2H3,(H,29,31). The summed E-state index contributed by atoms with van der Waals surface area (Å²) < 4.78 is 0. The van der Waals surface area contributed by atoms with Gasteiger partial charge in [-0.2, -0.15) is 0 Å². The monoisotopic (exact) mass is 460 g/mol. The first kappa shape index (κ1) is 23.2. The normalized spacial score (nSPS) is 15.7. The van der Waals surface area contributed by atoms with E-state index in [0.717, 1.165) is 43.4 Å². The summed E-state index contributed by atoms with van der Waals surface area (Å²) in [6.45, 7) is 4.37. The second-order valence-electron chi connectivity index (χ2n) is 8.86. The van der Waals surface area contributed by atoms with Gasteiger partial charge in [0.1, 0.15) is 6.04 Å². The van der Waals surface area contributed by atoms with E-state index in [1.54, 1.807) is 4.90 Å². The van der Waals surface area contributed by atoms with E-state index in [4.69, 9.17) is 0 Å². The number of carbonyl (C=O) groups is 2. The third-order valence-electron chi connectivity index (χ3n) is 6.63. The van der Waals surface area contributed by atoms with Crippen LogP contribution in [0.2, 0.25) is 0 Å². The van der Waals surface area contributed by atoms with Crippen molar-refractivity contribution < 1.29 is 9.59 Å². The first-order valence-corrected chi connectivity index (χ1v) is 12.8. The summed E-state index contributed by atoms with van der Waals surface area (Å²) in [6, 6.07) is 20.9. The molecular weight excluding hydrogens is 428 g/mol. The lowest BCUT2D eigenvalue weighted by atomic mass is 9.97. The van der Waals surface area contributed by atoms with Gasteiger partial charge in [0.25, 0.3) is 5.91 Å². The number of rotatable bonds is 8. The van der Waals surface area contributed by atoms with E-state index in [9.17, 15) is 9.59 Å². The Morgan fingerprint density at radius 1 is 0.970 bits per heavy atom. The molecular formula is C28H32N2O2S. The summed E-state index contributed by atoms with van der Waals surface area (Å²) in [5.41, 5.74) is 2.77. The van der Waals surface area contributed by atoms with Gasteiger partial charge < -0.3 is 5.32 Å². The number of anilines is 1. The van der Waals surface area contributed by atoms with Crippen LogP contribution in [0.3, 0.4) is 0 Å². The fraction of sp³-hybridized carbons (Fsp3) is 0.357. The maximum atomic E-state index is 13.8. The Bertz CT molecular complexity index is 1040. The molecule has 3 aromatic rings. The molecule has 1 saturated carbocycles. The lowest BCUT2D eigenvalue weighted by molar-refractivity contribution is -0.123. The van der Waals surface area contributed by atoms with Gasteiger partial charge in [-0.1, -0.05) is 75.2 Å². The highest BCUT2D eigenvalue weighted by molar-refractivity contribution is 7.12. The van der Waals surface area contributed by atoms with E-state index in [1.165, 1.54) is 16.9 Å². The Hall–Kier alpha value is -2.92. The maximum absolute atomic E-state index is 13.8. The fourth-order valence-electron chi connectivity index (χ4n) is 4.51. The Labute approximate surface area is 200 Å². The molecule has 1 aliphatic carbocycles. The van der Waals surface area contributed by atoms with Crippen molar-refractivity contribution in [3.63, 3.8) is 0 Å².